The van der Waals surface area contributed by atoms with Crippen LogP contribution in [-0.2, 0) is 4.79 Å². The Hall–Kier alpha value is -2.93. The van der Waals surface area contributed by atoms with Crippen LogP contribution < -0.4 is 15.4 Å². The number of carbonyl (C=O) groups is 2. The Bertz CT molecular complexity index is 889. The maximum Gasteiger partial charge on any atom is 0.251 e. The van der Waals surface area contributed by atoms with Gasteiger partial charge in [-0.2, -0.15) is 0 Å². The molecule has 0 aliphatic carbocycles. The number of piperidine rings is 3. The van der Waals surface area contributed by atoms with Crippen molar-refractivity contribution in [3.63, 3.8) is 0 Å². The summed E-state index contributed by atoms with van der Waals surface area (Å²) in [5, 5.41) is 5.91. The molecule has 3 saturated heterocycles. The van der Waals surface area contributed by atoms with Crippen molar-refractivity contribution in [2.45, 2.75) is 38.8 Å². The van der Waals surface area contributed by atoms with Gasteiger partial charge in [0.1, 0.15) is 11.5 Å². The summed E-state index contributed by atoms with van der Waals surface area (Å²) in [6.07, 6.45) is 5.44. The lowest BCUT2D eigenvalue weighted by atomic mass is 9.79. The summed E-state index contributed by atoms with van der Waals surface area (Å²) in [6, 6.07) is 9.36. The topological polar surface area (TPSA) is 83.6 Å². The Morgan fingerprint density at radius 2 is 1.83 bits per heavy atom. The molecule has 3 aliphatic heterocycles. The molecule has 29 heavy (non-hydrogen) atoms. The molecular weight excluding hydrogens is 368 g/mol. The Morgan fingerprint density at radius 3 is 2.48 bits per heavy atom. The van der Waals surface area contributed by atoms with Crippen LogP contribution in [0.25, 0.3) is 0 Å². The summed E-state index contributed by atoms with van der Waals surface area (Å²) in [6.45, 7) is 5.93. The van der Waals surface area contributed by atoms with Gasteiger partial charge in [-0.05, 0) is 63.0 Å². The van der Waals surface area contributed by atoms with Gasteiger partial charge < -0.3 is 15.4 Å². The molecule has 1 aromatic carbocycles. The van der Waals surface area contributed by atoms with Crippen LogP contribution in [0, 0.1) is 5.92 Å². The van der Waals surface area contributed by atoms with Crippen LogP contribution >= 0.6 is 0 Å². The van der Waals surface area contributed by atoms with E-state index in [1.807, 2.05) is 0 Å². The largest absolute Gasteiger partial charge is 0.456 e. The average Bonchev–Trinajstić information content (AvgIpc) is 2.71. The van der Waals surface area contributed by atoms with Gasteiger partial charge in [0.05, 0.1) is 18.1 Å². The second-order valence-corrected chi connectivity index (χ2v) is 7.83. The molecule has 152 valence electrons. The van der Waals surface area contributed by atoms with E-state index >= 15 is 0 Å². The van der Waals surface area contributed by atoms with E-state index in [9.17, 15) is 9.59 Å². The van der Waals surface area contributed by atoms with Crippen LogP contribution in [0.3, 0.4) is 0 Å². The lowest BCUT2D eigenvalue weighted by Crippen LogP contribution is -2.62. The highest BCUT2D eigenvalue weighted by molar-refractivity contribution is 5.94. The first-order valence-electron chi connectivity index (χ1n) is 10.0. The number of pyridine rings is 1. The monoisotopic (exact) mass is 394 g/mol. The fraction of sp³-hybridized carbons (Fsp3) is 0.409. The van der Waals surface area contributed by atoms with E-state index in [4.69, 9.17) is 4.74 Å². The first-order chi connectivity index (χ1) is 14.0. The van der Waals surface area contributed by atoms with Gasteiger partial charge in [0.25, 0.3) is 5.91 Å². The molecule has 0 saturated carbocycles. The van der Waals surface area contributed by atoms with E-state index in [0.717, 1.165) is 25.9 Å². The minimum Gasteiger partial charge on any atom is -0.456 e. The molecule has 2 N–H and O–H groups in total. The summed E-state index contributed by atoms with van der Waals surface area (Å²) in [5.41, 5.74) is 1.18. The third-order valence-electron chi connectivity index (χ3n) is 5.86. The average molecular weight is 394 g/mol. The van der Waals surface area contributed by atoms with Gasteiger partial charge in [-0.1, -0.05) is 0 Å². The Labute approximate surface area is 170 Å². The molecule has 0 unspecified atom stereocenters. The first-order valence-corrected chi connectivity index (χ1v) is 10.0. The number of rotatable bonds is 5. The molecule has 3 fully saturated rings. The normalized spacial score (nSPS) is 25.3. The van der Waals surface area contributed by atoms with Crippen LogP contribution in [0.1, 0.15) is 37.0 Å². The maximum absolute atomic E-state index is 12.7. The summed E-state index contributed by atoms with van der Waals surface area (Å²) in [4.78, 5) is 30.4. The van der Waals surface area contributed by atoms with E-state index in [1.54, 1.807) is 42.7 Å². The zero-order valence-corrected chi connectivity index (χ0v) is 16.7. The number of amides is 2. The van der Waals surface area contributed by atoms with Gasteiger partial charge in [0, 0.05) is 30.6 Å². The van der Waals surface area contributed by atoms with Gasteiger partial charge >= 0.3 is 0 Å². The third-order valence-corrected chi connectivity index (χ3v) is 5.86. The van der Waals surface area contributed by atoms with Crippen molar-refractivity contribution in [3.05, 3.63) is 48.3 Å². The fourth-order valence-electron chi connectivity index (χ4n) is 4.34. The number of ether oxygens (including phenoxy) is 1. The molecule has 0 radical (unpaired) electrons. The summed E-state index contributed by atoms with van der Waals surface area (Å²) >= 11 is 0. The van der Waals surface area contributed by atoms with E-state index < -0.39 is 0 Å². The minimum atomic E-state index is -0.170. The lowest BCUT2D eigenvalue weighted by molar-refractivity contribution is -0.114. The van der Waals surface area contributed by atoms with Crippen molar-refractivity contribution < 1.29 is 14.3 Å². The number of carbonyl (C=O) groups excluding carboxylic acids is 2. The Balaban J connectivity index is 1.39. The van der Waals surface area contributed by atoms with Crippen molar-refractivity contribution in [2.75, 3.05) is 18.4 Å². The zero-order valence-electron chi connectivity index (χ0n) is 16.7. The smallest absolute Gasteiger partial charge is 0.251 e. The molecule has 0 spiro atoms. The van der Waals surface area contributed by atoms with E-state index in [0.29, 0.717) is 34.7 Å². The second-order valence-electron chi connectivity index (χ2n) is 7.83. The predicted octanol–water partition coefficient (Wildman–Crippen LogP) is 3.04. The predicted molar refractivity (Wildman–Crippen MR) is 110 cm³/mol. The van der Waals surface area contributed by atoms with E-state index in [1.165, 1.54) is 6.92 Å². The highest BCUT2D eigenvalue weighted by Gasteiger charge is 2.40. The first kappa shape index (κ1) is 19.4. The van der Waals surface area contributed by atoms with Gasteiger partial charge in [-0.3, -0.25) is 19.5 Å². The molecule has 7 nitrogen and oxygen atoms in total. The number of nitrogens with one attached hydrogen (secondary N) is 2. The molecule has 2 aromatic rings. The molecule has 3 aliphatic rings. The van der Waals surface area contributed by atoms with Crippen molar-refractivity contribution in [1.29, 1.82) is 0 Å². The SMILES string of the molecule is CC(=O)Nc1cncc(Oc2ccc(C(=O)N[C@@H]3C4CCN(CC4)[C@H]3C)cc2)c1. The van der Waals surface area contributed by atoms with E-state index in [-0.39, 0.29) is 17.9 Å². The number of anilines is 1. The number of hydrogen-bond acceptors (Lipinski definition) is 5. The van der Waals surface area contributed by atoms with Gasteiger partial charge in [-0.25, -0.2) is 0 Å². The molecule has 7 heteroatoms. The van der Waals surface area contributed by atoms with Crippen LogP contribution in [0.15, 0.2) is 42.7 Å². The van der Waals surface area contributed by atoms with Gasteiger partial charge in [0.2, 0.25) is 5.91 Å². The minimum absolute atomic E-state index is 0.0449. The molecule has 1 aromatic heterocycles. The van der Waals surface area contributed by atoms with Crippen molar-refractivity contribution in [3.8, 4) is 11.5 Å². The second kappa shape index (κ2) is 8.21. The Morgan fingerprint density at radius 1 is 1.10 bits per heavy atom. The Kier molecular flexibility index (Phi) is 5.49. The zero-order chi connectivity index (χ0) is 20.4. The number of benzene rings is 1. The van der Waals surface area contributed by atoms with Crippen molar-refractivity contribution >= 4 is 17.5 Å². The molecule has 5 rings (SSSR count). The number of fused-ring (bicyclic) bond motifs is 3. The highest BCUT2D eigenvalue weighted by atomic mass is 16.5. The van der Waals surface area contributed by atoms with Crippen LogP contribution in [-0.4, -0.2) is 46.9 Å². The van der Waals surface area contributed by atoms with E-state index in [2.05, 4.69) is 27.4 Å². The van der Waals surface area contributed by atoms with Crippen molar-refractivity contribution in [1.82, 2.24) is 15.2 Å². The number of aromatic nitrogens is 1. The molecule has 4 heterocycles. The van der Waals surface area contributed by atoms with Crippen LogP contribution in [0.2, 0.25) is 0 Å². The number of nitrogens with zero attached hydrogens (tertiary/aromatic N) is 2. The molecule has 2 amide bonds. The summed E-state index contributed by atoms with van der Waals surface area (Å²) in [5.74, 6) is 1.46. The summed E-state index contributed by atoms with van der Waals surface area (Å²) < 4.78 is 5.79. The quantitative estimate of drug-likeness (QED) is 0.814. The van der Waals surface area contributed by atoms with Crippen LogP contribution in [0.5, 0.6) is 11.5 Å². The van der Waals surface area contributed by atoms with Crippen LogP contribution in [0.4, 0.5) is 5.69 Å². The molecule has 2 bridgehead atoms. The standard InChI is InChI=1S/C22H26N4O3/c1-14-21(16-7-9-26(14)10-8-16)25-22(28)17-3-5-19(6-4-17)29-20-11-18(12-23-13-20)24-15(2)27/h3-6,11-14,16,21H,7-10H2,1-2H3,(H,24,27)(H,25,28)/t14-,21-/m0/s1. The fourth-order valence-corrected chi connectivity index (χ4v) is 4.34. The van der Waals surface area contributed by atoms with Gasteiger partial charge in [0.15, 0.2) is 0 Å². The highest BCUT2D eigenvalue weighted by Crippen LogP contribution is 2.32. The summed E-state index contributed by atoms with van der Waals surface area (Å²) in [7, 11) is 0. The lowest BCUT2D eigenvalue weighted by Gasteiger charge is -2.49. The number of hydrogen-bond donors (Lipinski definition) is 2. The molecule has 2 atom stereocenters. The molecular formula is C22H26N4O3. The van der Waals surface area contributed by atoms with Crippen molar-refractivity contribution in [2.24, 2.45) is 5.92 Å². The maximum atomic E-state index is 12.7. The van der Waals surface area contributed by atoms with Gasteiger partial charge in [-0.15, -0.1) is 0 Å². The third kappa shape index (κ3) is 4.40.